The van der Waals surface area contributed by atoms with Gasteiger partial charge in [0.15, 0.2) is 5.75 Å². The van der Waals surface area contributed by atoms with E-state index in [0.29, 0.717) is 27.8 Å². The highest BCUT2D eigenvalue weighted by Crippen LogP contribution is 2.39. The highest BCUT2D eigenvalue weighted by Gasteiger charge is 2.15. The molecule has 4 nitrogen and oxygen atoms in total. The Balaban J connectivity index is 2.08. The molecule has 0 saturated heterocycles. The first-order valence-electron chi connectivity index (χ1n) is 7.70. The number of hydrogen-bond acceptors (Lipinski definition) is 4. The van der Waals surface area contributed by atoms with Gasteiger partial charge in [-0.2, -0.15) is 5.26 Å². The van der Waals surface area contributed by atoms with Gasteiger partial charge in [0.05, 0.1) is 24.4 Å². The molecule has 0 amide bonds. The molecule has 0 unspecified atom stereocenters. The van der Waals surface area contributed by atoms with Crippen LogP contribution in [-0.2, 0) is 0 Å². The summed E-state index contributed by atoms with van der Waals surface area (Å²) in [7, 11) is 1.49. The van der Waals surface area contributed by atoms with Crippen LogP contribution < -0.4 is 9.47 Å². The van der Waals surface area contributed by atoms with Gasteiger partial charge in [0.25, 0.3) is 0 Å². The smallest absolute Gasteiger partial charge is 0.236 e. The first-order valence-corrected chi connectivity index (χ1v) is 8.46. The predicted molar refractivity (Wildman–Crippen MR) is 102 cm³/mol. The van der Waals surface area contributed by atoms with E-state index in [9.17, 15) is 0 Å². The number of nitriles is 1. The largest absolute Gasteiger partial charge is 0.480 e. The minimum Gasteiger partial charge on any atom is -0.480 e. The number of aryl methyl sites for hydroxylation is 1. The summed E-state index contributed by atoms with van der Waals surface area (Å²) in [5, 5.41) is 9.72. The number of halogens is 2. The van der Waals surface area contributed by atoms with Crippen molar-refractivity contribution in [3.63, 3.8) is 0 Å². The fourth-order valence-electron chi connectivity index (χ4n) is 2.46. The van der Waals surface area contributed by atoms with Crippen LogP contribution in [-0.4, -0.2) is 12.1 Å². The molecular weight excluding hydrogens is 371 g/mol. The molecule has 0 fully saturated rings. The summed E-state index contributed by atoms with van der Waals surface area (Å²) in [5.41, 5.74) is 3.07. The molecule has 2 aromatic carbocycles. The van der Waals surface area contributed by atoms with Gasteiger partial charge >= 0.3 is 0 Å². The van der Waals surface area contributed by atoms with Crippen LogP contribution in [0.1, 0.15) is 11.1 Å². The van der Waals surface area contributed by atoms with Gasteiger partial charge < -0.3 is 9.47 Å². The van der Waals surface area contributed by atoms with E-state index in [-0.39, 0.29) is 10.9 Å². The van der Waals surface area contributed by atoms with E-state index in [1.807, 2.05) is 37.3 Å². The number of methoxy groups -OCH3 is 1. The van der Waals surface area contributed by atoms with E-state index in [1.54, 1.807) is 24.3 Å². The normalized spacial score (nSPS) is 10.3. The molecule has 1 aromatic heterocycles. The van der Waals surface area contributed by atoms with E-state index in [0.717, 1.165) is 11.1 Å². The number of aromatic nitrogens is 1. The molecule has 0 radical (unpaired) electrons. The second kappa shape index (κ2) is 7.65. The summed E-state index contributed by atoms with van der Waals surface area (Å²) < 4.78 is 11.2. The monoisotopic (exact) mass is 384 g/mol. The molecular formula is C20H14Cl2N2O2. The lowest BCUT2D eigenvalue weighted by atomic mass is 10.1. The van der Waals surface area contributed by atoms with Crippen LogP contribution in [0.25, 0.3) is 11.3 Å². The zero-order valence-electron chi connectivity index (χ0n) is 14.1. The van der Waals surface area contributed by atoms with Crippen LogP contribution in [0, 0.1) is 18.3 Å². The number of pyridine rings is 1. The summed E-state index contributed by atoms with van der Waals surface area (Å²) in [4.78, 5) is 4.44. The van der Waals surface area contributed by atoms with Crippen LogP contribution in [0.4, 0.5) is 0 Å². The van der Waals surface area contributed by atoms with Crippen LogP contribution in [0.15, 0.2) is 48.5 Å². The molecule has 0 aliphatic heterocycles. The lowest BCUT2D eigenvalue weighted by Gasteiger charge is -2.13. The Morgan fingerprint density at radius 3 is 2.58 bits per heavy atom. The molecule has 0 atom stereocenters. The molecule has 3 aromatic rings. The second-order valence-corrected chi connectivity index (χ2v) is 6.40. The van der Waals surface area contributed by atoms with Gasteiger partial charge in [-0.1, -0.05) is 47.0 Å². The molecule has 0 N–H and O–H groups in total. The van der Waals surface area contributed by atoms with E-state index in [2.05, 4.69) is 4.98 Å². The van der Waals surface area contributed by atoms with Crippen LogP contribution >= 0.6 is 23.2 Å². The average Bonchev–Trinajstić information content (AvgIpc) is 2.63. The number of benzene rings is 2. The van der Waals surface area contributed by atoms with Gasteiger partial charge in [-0.3, -0.25) is 0 Å². The molecule has 0 aliphatic rings. The molecule has 26 heavy (non-hydrogen) atoms. The lowest BCUT2D eigenvalue weighted by Crippen LogP contribution is -1.96. The molecule has 0 aliphatic carbocycles. The Labute approximate surface area is 161 Å². The summed E-state index contributed by atoms with van der Waals surface area (Å²) in [6.07, 6.45) is 0. The molecule has 0 saturated carbocycles. The van der Waals surface area contributed by atoms with Crippen molar-refractivity contribution in [3.05, 3.63) is 69.7 Å². The summed E-state index contributed by atoms with van der Waals surface area (Å²) in [6, 6.07) is 16.4. The van der Waals surface area contributed by atoms with Gasteiger partial charge in [-0.15, -0.1) is 0 Å². The van der Waals surface area contributed by atoms with Crippen LogP contribution in [0.2, 0.25) is 10.0 Å². The number of hydrogen-bond donors (Lipinski definition) is 0. The molecule has 130 valence electrons. The van der Waals surface area contributed by atoms with Crippen molar-refractivity contribution in [1.29, 1.82) is 5.26 Å². The summed E-state index contributed by atoms with van der Waals surface area (Å²) >= 11 is 12.4. The van der Waals surface area contributed by atoms with E-state index in [4.69, 9.17) is 37.9 Å². The van der Waals surface area contributed by atoms with Crippen molar-refractivity contribution < 1.29 is 9.47 Å². The zero-order valence-corrected chi connectivity index (χ0v) is 15.6. The summed E-state index contributed by atoms with van der Waals surface area (Å²) in [5.74, 6) is 1.02. The van der Waals surface area contributed by atoms with Gasteiger partial charge in [0, 0.05) is 16.7 Å². The van der Waals surface area contributed by atoms with Crippen molar-refractivity contribution in [2.45, 2.75) is 6.92 Å². The van der Waals surface area contributed by atoms with Crippen molar-refractivity contribution in [3.8, 4) is 34.7 Å². The third-order valence-corrected chi connectivity index (χ3v) is 4.20. The molecule has 0 spiro atoms. The van der Waals surface area contributed by atoms with Gasteiger partial charge in [0.1, 0.15) is 10.8 Å². The highest BCUT2D eigenvalue weighted by atomic mass is 35.5. The fourth-order valence-corrected chi connectivity index (χ4v) is 2.90. The first kappa shape index (κ1) is 18.1. The fraction of sp³-hybridized carbons (Fsp3) is 0.100. The maximum atomic E-state index is 9.09. The standard InChI is InChI=1S/C20H14Cl2N2O2/c1-12-4-3-5-14(6-12)17-10-18(19(22)20(24-17)25-2)26-16-8-13(11-23)7-15(21)9-16/h3-10H,1-2H3. The summed E-state index contributed by atoms with van der Waals surface area (Å²) in [6.45, 7) is 2.00. The van der Waals surface area contributed by atoms with Gasteiger partial charge in [-0.05, 0) is 31.2 Å². The lowest BCUT2D eigenvalue weighted by molar-refractivity contribution is 0.393. The van der Waals surface area contributed by atoms with Gasteiger partial charge in [-0.25, -0.2) is 4.98 Å². The van der Waals surface area contributed by atoms with Gasteiger partial charge in [0.2, 0.25) is 5.88 Å². The maximum Gasteiger partial charge on any atom is 0.236 e. The quantitative estimate of drug-likeness (QED) is 0.550. The van der Waals surface area contributed by atoms with Crippen LogP contribution in [0.5, 0.6) is 17.4 Å². The Kier molecular flexibility index (Phi) is 5.32. The zero-order chi connectivity index (χ0) is 18.7. The number of ether oxygens (including phenoxy) is 2. The SMILES string of the molecule is COc1nc(-c2cccc(C)c2)cc(Oc2cc(Cl)cc(C#N)c2)c1Cl. The minimum absolute atomic E-state index is 0.238. The topological polar surface area (TPSA) is 55.1 Å². The van der Waals surface area contributed by atoms with Crippen LogP contribution in [0.3, 0.4) is 0 Å². The van der Waals surface area contributed by atoms with Crippen molar-refractivity contribution in [2.24, 2.45) is 0 Å². The molecule has 6 heteroatoms. The highest BCUT2D eigenvalue weighted by molar-refractivity contribution is 6.33. The number of rotatable bonds is 4. The van der Waals surface area contributed by atoms with E-state index in [1.165, 1.54) is 7.11 Å². The third kappa shape index (κ3) is 3.91. The average molecular weight is 385 g/mol. The number of nitrogens with zero attached hydrogens (tertiary/aromatic N) is 2. The Morgan fingerprint density at radius 2 is 1.88 bits per heavy atom. The van der Waals surface area contributed by atoms with E-state index < -0.39 is 0 Å². The van der Waals surface area contributed by atoms with Crippen molar-refractivity contribution in [1.82, 2.24) is 4.98 Å². The molecule has 3 rings (SSSR count). The van der Waals surface area contributed by atoms with E-state index >= 15 is 0 Å². The second-order valence-electron chi connectivity index (χ2n) is 5.59. The predicted octanol–water partition coefficient (Wildman–Crippen LogP) is 6.04. The van der Waals surface area contributed by atoms with Crippen molar-refractivity contribution in [2.75, 3.05) is 7.11 Å². The third-order valence-electron chi connectivity index (χ3n) is 3.63. The minimum atomic E-state index is 0.238. The maximum absolute atomic E-state index is 9.09. The first-order chi connectivity index (χ1) is 12.5. The Hall–Kier alpha value is -2.74. The molecule has 1 heterocycles. The Bertz CT molecular complexity index is 1010. The Morgan fingerprint density at radius 1 is 1.08 bits per heavy atom. The van der Waals surface area contributed by atoms with Crippen molar-refractivity contribution >= 4 is 23.2 Å². The molecule has 0 bridgehead atoms.